The van der Waals surface area contributed by atoms with E-state index >= 15 is 0 Å². The average molecular weight is 338 g/mol. The van der Waals surface area contributed by atoms with Crippen LogP contribution in [0, 0.1) is 11.7 Å². The van der Waals surface area contributed by atoms with Gasteiger partial charge in [0.15, 0.2) is 0 Å². The summed E-state index contributed by atoms with van der Waals surface area (Å²) in [5.41, 5.74) is 0.0478. The molecule has 1 aromatic carbocycles. The Kier molecular flexibility index (Phi) is 6.59. The molecule has 0 bridgehead atoms. The van der Waals surface area contributed by atoms with Gasteiger partial charge in [-0.1, -0.05) is 31.9 Å². The topological polar surface area (TPSA) is 66.4 Å². The molecule has 1 rings (SSSR count). The third-order valence-electron chi connectivity index (χ3n) is 3.37. The predicted octanol–water partition coefficient (Wildman–Crippen LogP) is 3.07. The minimum atomic E-state index is -3.84. The third kappa shape index (κ3) is 4.92. The van der Waals surface area contributed by atoms with Gasteiger partial charge in [-0.2, -0.15) is 0 Å². The van der Waals surface area contributed by atoms with Gasteiger partial charge in [-0.3, -0.25) is 0 Å². The predicted molar refractivity (Wildman–Crippen MR) is 81.2 cm³/mol. The normalized spacial score (nSPS) is 15.0. The standard InChI is InChI=1S/C14H21ClFNO3S/c1-4-9(2)5-10(3)17-21(19,20)12-6-11(8-18)14(15)13(16)7-12/h6-7,9-10,17-18H,4-5,8H2,1-3H3. The van der Waals surface area contributed by atoms with Crippen molar-refractivity contribution >= 4 is 21.6 Å². The van der Waals surface area contributed by atoms with E-state index in [2.05, 4.69) is 4.72 Å². The summed E-state index contributed by atoms with van der Waals surface area (Å²) >= 11 is 5.66. The third-order valence-corrected chi connectivity index (χ3v) is 5.36. The van der Waals surface area contributed by atoms with E-state index in [1.807, 2.05) is 13.8 Å². The van der Waals surface area contributed by atoms with Gasteiger partial charge in [0, 0.05) is 11.6 Å². The minimum Gasteiger partial charge on any atom is -0.392 e. The largest absolute Gasteiger partial charge is 0.392 e. The van der Waals surface area contributed by atoms with E-state index < -0.39 is 22.4 Å². The Morgan fingerprint density at radius 3 is 2.52 bits per heavy atom. The highest BCUT2D eigenvalue weighted by molar-refractivity contribution is 7.89. The monoisotopic (exact) mass is 337 g/mol. The molecule has 0 aromatic heterocycles. The summed E-state index contributed by atoms with van der Waals surface area (Å²) in [6.45, 7) is 5.31. The van der Waals surface area contributed by atoms with E-state index in [1.54, 1.807) is 6.92 Å². The van der Waals surface area contributed by atoms with Gasteiger partial charge in [0.25, 0.3) is 0 Å². The number of hydrogen-bond donors (Lipinski definition) is 2. The summed E-state index contributed by atoms with van der Waals surface area (Å²) in [5.74, 6) is -0.476. The molecule has 0 saturated heterocycles. The molecular weight excluding hydrogens is 317 g/mol. The molecule has 0 aliphatic rings. The molecule has 0 aliphatic heterocycles. The molecule has 7 heteroatoms. The second kappa shape index (κ2) is 7.54. The Morgan fingerprint density at radius 2 is 2.00 bits per heavy atom. The van der Waals surface area contributed by atoms with Crippen molar-refractivity contribution in [2.75, 3.05) is 0 Å². The van der Waals surface area contributed by atoms with Gasteiger partial charge >= 0.3 is 0 Å². The summed E-state index contributed by atoms with van der Waals surface area (Å²) in [6, 6.07) is 1.78. The zero-order chi connectivity index (χ0) is 16.2. The van der Waals surface area contributed by atoms with E-state index in [0.717, 1.165) is 12.5 Å². The van der Waals surface area contributed by atoms with Crippen molar-refractivity contribution in [2.45, 2.75) is 51.2 Å². The summed E-state index contributed by atoms with van der Waals surface area (Å²) in [6.07, 6.45) is 1.65. The molecule has 0 heterocycles. The van der Waals surface area contributed by atoms with Crippen molar-refractivity contribution in [2.24, 2.45) is 5.92 Å². The number of benzene rings is 1. The van der Waals surface area contributed by atoms with Gasteiger partial charge in [0.2, 0.25) is 10.0 Å². The molecule has 4 nitrogen and oxygen atoms in total. The van der Waals surface area contributed by atoms with Crippen LogP contribution in [0.2, 0.25) is 5.02 Å². The van der Waals surface area contributed by atoms with Crippen LogP contribution in [0.15, 0.2) is 17.0 Å². The number of aliphatic hydroxyl groups is 1. The second-order valence-electron chi connectivity index (χ2n) is 5.31. The van der Waals surface area contributed by atoms with Crippen molar-refractivity contribution < 1.29 is 17.9 Å². The maximum absolute atomic E-state index is 13.6. The fourth-order valence-electron chi connectivity index (χ4n) is 2.04. The van der Waals surface area contributed by atoms with Gasteiger partial charge < -0.3 is 5.11 Å². The first-order valence-electron chi connectivity index (χ1n) is 6.82. The summed E-state index contributed by atoms with van der Waals surface area (Å²) in [4.78, 5) is -0.232. The molecule has 0 fully saturated rings. The molecule has 2 atom stereocenters. The Bertz CT molecular complexity index is 592. The lowest BCUT2D eigenvalue weighted by molar-refractivity contribution is 0.281. The van der Waals surface area contributed by atoms with Gasteiger partial charge in [0.1, 0.15) is 5.82 Å². The lowest BCUT2D eigenvalue weighted by Gasteiger charge is -2.18. The Hall–Kier alpha value is -0.690. The summed E-state index contributed by atoms with van der Waals surface area (Å²) in [7, 11) is -3.84. The van der Waals surface area contributed by atoms with E-state index in [0.29, 0.717) is 12.3 Å². The van der Waals surface area contributed by atoms with Crippen molar-refractivity contribution in [3.05, 3.63) is 28.5 Å². The van der Waals surface area contributed by atoms with Crippen LogP contribution in [0.3, 0.4) is 0 Å². The Balaban J connectivity index is 3.00. The van der Waals surface area contributed by atoms with E-state index in [4.69, 9.17) is 16.7 Å². The fourth-order valence-corrected chi connectivity index (χ4v) is 3.53. The minimum absolute atomic E-state index is 0.0478. The molecule has 0 amide bonds. The molecule has 0 aliphatic carbocycles. The van der Waals surface area contributed by atoms with Crippen LogP contribution in [0.4, 0.5) is 4.39 Å². The van der Waals surface area contributed by atoms with Crippen LogP contribution in [-0.2, 0) is 16.6 Å². The number of hydrogen-bond acceptors (Lipinski definition) is 3. The van der Waals surface area contributed by atoms with Crippen molar-refractivity contribution in [3.63, 3.8) is 0 Å². The first-order chi connectivity index (χ1) is 9.71. The number of sulfonamides is 1. The van der Waals surface area contributed by atoms with E-state index in [-0.39, 0.29) is 21.5 Å². The van der Waals surface area contributed by atoms with E-state index in [1.165, 1.54) is 6.07 Å². The second-order valence-corrected chi connectivity index (χ2v) is 7.40. The van der Waals surface area contributed by atoms with Gasteiger partial charge in [0.05, 0.1) is 16.5 Å². The first-order valence-corrected chi connectivity index (χ1v) is 8.68. The highest BCUT2D eigenvalue weighted by atomic mass is 35.5. The van der Waals surface area contributed by atoms with Gasteiger partial charge in [-0.25, -0.2) is 17.5 Å². The molecular formula is C14H21ClFNO3S. The summed E-state index contributed by atoms with van der Waals surface area (Å²) < 4.78 is 40.6. The zero-order valence-electron chi connectivity index (χ0n) is 12.4. The number of nitrogens with one attached hydrogen (secondary N) is 1. The lowest BCUT2D eigenvalue weighted by Crippen LogP contribution is -2.33. The molecule has 0 saturated carbocycles. The Labute approximate surface area is 130 Å². The maximum Gasteiger partial charge on any atom is 0.240 e. The van der Waals surface area contributed by atoms with Crippen LogP contribution >= 0.6 is 11.6 Å². The first kappa shape index (κ1) is 18.4. The van der Waals surface area contributed by atoms with Crippen molar-refractivity contribution in [3.8, 4) is 0 Å². The molecule has 120 valence electrons. The van der Waals surface area contributed by atoms with E-state index in [9.17, 15) is 12.8 Å². The van der Waals surface area contributed by atoms with Crippen LogP contribution in [0.25, 0.3) is 0 Å². The lowest BCUT2D eigenvalue weighted by atomic mass is 10.0. The van der Waals surface area contributed by atoms with Crippen LogP contribution in [-0.4, -0.2) is 19.6 Å². The smallest absolute Gasteiger partial charge is 0.240 e. The zero-order valence-corrected chi connectivity index (χ0v) is 13.9. The van der Waals surface area contributed by atoms with Crippen LogP contribution in [0.1, 0.15) is 39.2 Å². The average Bonchev–Trinajstić information content (AvgIpc) is 2.40. The molecule has 1 aromatic rings. The number of aliphatic hydroxyl groups excluding tert-OH is 1. The molecule has 0 radical (unpaired) electrons. The maximum atomic E-state index is 13.6. The Morgan fingerprint density at radius 1 is 1.38 bits per heavy atom. The van der Waals surface area contributed by atoms with Gasteiger partial charge in [-0.05, 0) is 31.4 Å². The molecule has 2 unspecified atom stereocenters. The number of halogens is 2. The molecule has 2 N–H and O–H groups in total. The molecule has 0 spiro atoms. The SMILES string of the molecule is CCC(C)CC(C)NS(=O)(=O)c1cc(F)c(Cl)c(CO)c1. The highest BCUT2D eigenvalue weighted by Gasteiger charge is 2.21. The number of rotatable bonds is 7. The van der Waals surface area contributed by atoms with Crippen molar-refractivity contribution in [1.82, 2.24) is 4.72 Å². The highest BCUT2D eigenvalue weighted by Crippen LogP contribution is 2.25. The van der Waals surface area contributed by atoms with Crippen LogP contribution < -0.4 is 4.72 Å². The molecule has 21 heavy (non-hydrogen) atoms. The van der Waals surface area contributed by atoms with Crippen LogP contribution in [0.5, 0.6) is 0 Å². The van der Waals surface area contributed by atoms with Crippen molar-refractivity contribution in [1.29, 1.82) is 0 Å². The fraction of sp³-hybridized carbons (Fsp3) is 0.571. The summed E-state index contributed by atoms with van der Waals surface area (Å²) in [5, 5.41) is 8.84. The quantitative estimate of drug-likeness (QED) is 0.803. The van der Waals surface area contributed by atoms with Gasteiger partial charge in [-0.15, -0.1) is 0 Å².